The van der Waals surface area contributed by atoms with Crippen molar-refractivity contribution in [2.75, 3.05) is 19.6 Å². The molecule has 0 aliphatic heterocycles. The van der Waals surface area contributed by atoms with Gasteiger partial charge in [-0.05, 0) is 138 Å². The van der Waals surface area contributed by atoms with Gasteiger partial charge in [-0.2, -0.15) is 0 Å². The van der Waals surface area contributed by atoms with Crippen molar-refractivity contribution < 1.29 is 67.7 Å². The molecule has 0 spiro atoms. The van der Waals surface area contributed by atoms with Gasteiger partial charge in [0.2, 0.25) is 70.9 Å². The quantitative estimate of drug-likeness (QED) is 0.0135. The van der Waals surface area contributed by atoms with Crippen molar-refractivity contribution in [2.24, 2.45) is 51.4 Å². The Morgan fingerprint density at radius 1 is 0.466 bits per heavy atom. The fourth-order valence-electron chi connectivity index (χ4n) is 11.1. The molecule has 32 heteroatoms. The maximum atomic E-state index is 14.7. The summed E-state index contributed by atoms with van der Waals surface area (Å²) in [5, 5.41) is 49.9. The summed E-state index contributed by atoms with van der Waals surface area (Å²) in [4.78, 5) is 174. The highest BCUT2D eigenvalue weighted by atomic mass is 16.3. The van der Waals surface area contributed by atoms with E-state index in [4.69, 9.17) is 28.7 Å². The largest absolute Gasteiger partial charge is 0.508 e. The molecule has 0 saturated carbocycles. The van der Waals surface area contributed by atoms with Gasteiger partial charge in [0.25, 0.3) is 0 Å². The number of rotatable bonds is 44. The number of primary amides is 1. The van der Waals surface area contributed by atoms with Gasteiger partial charge in [-0.15, -0.1) is 0 Å². The molecule has 103 heavy (non-hydrogen) atoms. The third-order valence-electron chi connectivity index (χ3n) is 16.6. The smallest absolute Gasteiger partial charge is 0.243 e. The van der Waals surface area contributed by atoms with E-state index in [1.165, 1.54) is 45.0 Å². The lowest BCUT2D eigenvalue weighted by molar-refractivity contribution is -0.136. The van der Waals surface area contributed by atoms with E-state index in [1.807, 2.05) is 38.1 Å². The predicted molar refractivity (Wildman–Crippen MR) is 388 cm³/mol. The monoisotopic (exact) mass is 1440 g/mol. The third-order valence-corrected chi connectivity index (χ3v) is 16.6. The lowest BCUT2D eigenvalue weighted by Crippen LogP contribution is -2.61. The lowest BCUT2D eigenvalue weighted by Gasteiger charge is -2.29. The SMILES string of the molecule is CC(C)C[C@H](NC(=O)[C@H](C)NC(=O)CNC(=O)[C@H](CCCN=C(N)N)NC(=O)[C@@H](N)Cc1c[nH]c2ccccc12)C(=O)N[C@@H](CCCCN)C(=O)N[C@@H](CC(C)C)C(=O)N[C@@H](CC(C)C)C(=O)N[C@@H](Cc1ccccc1)C(=O)N[C@@H](Cc1ccc(O)cc1)C(=O)N[C@@H](C)C(=O)N[C@H](C(N)=O)[C@@H](C)O. The number of unbranched alkanes of at least 4 members (excludes halogenated alkanes) is 1. The fraction of sp³-hybridized carbons (Fsp3) is 0.535. The number of hydrogen-bond acceptors (Lipinski definition) is 17. The topological polar surface area (TPSA) is 536 Å². The number of aliphatic hydroxyl groups excluding tert-OH is 1. The Labute approximate surface area is 600 Å². The van der Waals surface area contributed by atoms with Gasteiger partial charge in [0.1, 0.15) is 66.2 Å². The average molecular weight is 1440 g/mol. The highest BCUT2D eigenvalue weighted by Crippen LogP contribution is 2.20. The van der Waals surface area contributed by atoms with Crippen LogP contribution in [0.4, 0.5) is 0 Å². The Hall–Kier alpha value is -10.2. The Morgan fingerprint density at radius 3 is 1.43 bits per heavy atom. The van der Waals surface area contributed by atoms with Gasteiger partial charge in [-0.3, -0.25) is 62.5 Å². The van der Waals surface area contributed by atoms with Crippen molar-refractivity contribution >= 4 is 87.7 Å². The molecule has 12 atom stereocenters. The molecule has 566 valence electrons. The van der Waals surface area contributed by atoms with E-state index in [0.717, 1.165) is 16.5 Å². The summed E-state index contributed by atoms with van der Waals surface area (Å²) in [6.07, 6.45) is 1.52. The number of guanidine groups is 1. The molecule has 0 aliphatic carbocycles. The molecule has 1 aromatic heterocycles. The second-order valence-electron chi connectivity index (χ2n) is 27.1. The van der Waals surface area contributed by atoms with E-state index in [9.17, 15) is 67.7 Å². The van der Waals surface area contributed by atoms with Gasteiger partial charge in [0, 0.05) is 36.5 Å². The van der Waals surface area contributed by atoms with Crippen molar-refractivity contribution in [1.82, 2.24) is 63.5 Å². The minimum Gasteiger partial charge on any atom is -0.508 e. The zero-order valence-electron chi connectivity index (χ0n) is 60.3. The number of nitrogens with two attached hydrogens (primary N) is 5. The van der Waals surface area contributed by atoms with Gasteiger partial charge >= 0.3 is 0 Å². The summed E-state index contributed by atoms with van der Waals surface area (Å²) in [6, 6.07) is 7.53. The molecule has 4 rings (SSSR count). The average Bonchev–Trinajstić information content (AvgIpc) is 1.74. The van der Waals surface area contributed by atoms with E-state index in [0.29, 0.717) is 24.0 Å². The van der Waals surface area contributed by atoms with E-state index in [1.54, 1.807) is 64.2 Å². The van der Waals surface area contributed by atoms with Crippen molar-refractivity contribution in [3.63, 3.8) is 0 Å². The number of hydrogen-bond donors (Lipinski definition) is 19. The molecule has 0 saturated heterocycles. The van der Waals surface area contributed by atoms with Crippen LogP contribution in [0.25, 0.3) is 10.9 Å². The molecule has 0 radical (unpaired) electrons. The highest BCUT2D eigenvalue weighted by Gasteiger charge is 2.36. The molecule has 0 aliphatic rings. The van der Waals surface area contributed by atoms with Gasteiger partial charge in [-0.1, -0.05) is 102 Å². The van der Waals surface area contributed by atoms with Crippen LogP contribution in [0.5, 0.6) is 5.75 Å². The second kappa shape index (κ2) is 42.9. The first-order valence-corrected chi connectivity index (χ1v) is 34.8. The van der Waals surface area contributed by atoms with Crippen LogP contribution in [0, 0.1) is 17.8 Å². The molecule has 0 bridgehead atoms. The normalized spacial score (nSPS) is 14.8. The molecule has 0 unspecified atom stereocenters. The molecule has 32 nitrogen and oxygen atoms in total. The summed E-state index contributed by atoms with van der Waals surface area (Å²) in [5.41, 5.74) is 31.2. The Kier molecular flexibility index (Phi) is 35.5. The Morgan fingerprint density at radius 2 is 0.903 bits per heavy atom. The first-order valence-electron chi connectivity index (χ1n) is 34.8. The molecule has 1 heterocycles. The van der Waals surface area contributed by atoms with Crippen molar-refractivity contribution in [3.05, 3.63) is 102 Å². The van der Waals surface area contributed by atoms with Crippen LogP contribution in [0.2, 0.25) is 0 Å². The van der Waals surface area contributed by atoms with E-state index < -0.39 is 150 Å². The van der Waals surface area contributed by atoms with Crippen molar-refractivity contribution in [2.45, 2.75) is 206 Å². The molecule has 24 N–H and O–H groups in total. The minimum atomic E-state index is -1.49. The highest BCUT2D eigenvalue weighted by molar-refractivity contribution is 5.99. The lowest BCUT2D eigenvalue weighted by atomic mass is 9.98. The van der Waals surface area contributed by atoms with Crippen LogP contribution in [0.1, 0.15) is 130 Å². The molecule has 0 fully saturated rings. The van der Waals surface area contributed by atoms with Gasteiger partial charge in [-0.25, -0.2) is 0 Å². The number of aliphatic hydroxyl groups is 1. The number of carbonyl (C=O) groups is 12. The van der Waals surface area contributed by atoms with E-state index in [-0.39, 0.29) is 100 Å². The molecule has 12 amide bonds. The summed E-state index contributed by atoms with van der Waals surface area (Å²) in [7, 11) is 0. The number of phenolic OH excluding ortho intramolecular Hbond substituents is 1. The van der Waals surface area contributed by atoms with Crippen LogP contribution in [0.15, 0.2) is 90.1 Å². The number of nitrogens with one attached hydrogen (secondary N) is 12. The van der Waals surface area contributed by atoms with Crippen LogP contribution in [-0.4, -0.2) is 184 Å². The number of H-pyrrole nitrogens is 1. The van der Waals surface area contributed by atoms with Gasteiger partial charge in [0.15, 0.2) is 5.96 Å². The summed E-state index contributed by atoms with van der Waals surface area (Å²) < 4.78 is 0. The zero-order valence-corrected chi connectivity index (χ0v) is 60.3. The van der Waals surface area contributed by atoms with Crippen molar-refractivity contribution in [3.8, 4) is 5.75 Å². The standard InChI is InChI=1S/C71H108N18O14/c1-38(2)30-53(84-61(94)41(7)80-58(92)37-79-64(97)51(23-17-29-77-71(75)76)82-63(96)49(73)35-46-36-78-50-21-14-13-20-48(46)50)67(100)83-52(22-15-16-28-72)65(98)85-54(31-39(3)4)68(101)86-55(32-40(5)6)69(102)88-57(33-44-18-11-10-12-19-44)70(103)87-56(34-45-24-26-47(91)27-25-45)66(99)81-42(8)62(95)89-59(43(9)90)60(74)93/h10-14,18-21,24-27,36,38-43,49,51-57,59,78,90-91H,15-17,22-23,28-35,37,72-73H2,1-9H3,(H2,74,93)(H,79,97)(H,80,92)(H,81,99)(H,82,96)(H,83,100)(H,84,94)(H,85,98)(H,86,101)(H,87,103)(H,88,102)(H,89,95)(H4,75,76,77)/t41-,42-,43+,49-,51-,52-,53-,54-,55-,56-,57-,59-/m0/s1. The van der Waals surface area contributed by atoms with E-state index in [2.05, 4.69) is 68.5 Å². The second-order valence-corrected chi connectivity index (χ2v) is 27.1. The molecular formula is C71H108N18O14. The Bertz CT molecular complexity index is 3510. The molecular weight excluding hydrogens is 1330 g/mol. The zero-order chi connectivity index (χ0) is 76.6. The van der Waals surface area contributed by atoms with Gasteiger partial charge in [0.05, 0.1) is 18.7 Å². The molecule has 3 aromatic carbocycles. The minimum absolute atomic E-state index is 0.0339. The number of phenols is 1. The fourth-order valence-corrected chi connectivity index (χ4v) is 11.1. The Balaban J connectivity index is 1.50. The number of aliphatic imine (C=N–C) groups is 1. The van der Waals surface area contributed by atoms with Crippen LogP contribution in [0.3, 0.4) is 0 Å². The number of aromatic nitrogens is 1. The van der Waals surface area contributed by atoms with Crippen LogP contribution < -0.4 is 87.2 Å². The first kappa shape index (κ1) is 85.2. The number of fused-ring (bicyclic) bond motifs is 1. The van der Waals surface area contributed by atoms with E-state index >= 15 is 0 Å². The number of carbonyl (C=O) groups excluding carboxylic acids is 12. The molecule has 4 aromatic rings. The van der Waals surface area contributed by atoms with Crippen LogP contribution in [-0.2, 0) is 76.8 Å². The number of para-hydroxylation sites is 1. The summed E-state index contributed by atoms with van der Waals surface area (Å²) in [5.74, 6) is -10.6. The number of nitrogens with zero attached hydrogens (tertiary/aromatic N) is 1. The summed E-state index contributed by atoms with van der Waals surface area (Å²) >= 11 is 0. The van der Waals surface area contributed by atoms with Crippen molar-refractivity contribution in [1.29, 1.82) is 0 Å². The number of aromatic amines is 1. The van der Waals surface area contributed by atoms with Gasteiger partial charge < -0.3 is 102 Å². The number of benzene rings is 3. The summed E-state index contributed by atoms with van der Waals surface area (Å²) in [6.45, 7) is 14.5. The van der Waals surface area contributed by atoms with Crippen LogP contribution >= 0.6 is 0 Å². The maximum absolute atomic E-state index is 14.7. The maximum Gasteiger partial charge on any atom is 0.243 e. The third kappa shape index (κ3) is 30.1. The number of aromatic hydroxyl groups is 1. The predicted octanol–water partition coefficient (Wildman–Crippen LogP) is -1.58. The first-order chi connectivity index (χ1) is 48.6. The number of amides is 12.